The van der Waals surface area contributed by atoms with Gasteiger partial charge in [-0.2, -0.15) is 0 Å². The number of allylic oxidation sites excluding steroid dienone is 4. The Morgan fingerprint density at radius 2 is 2.08 bits per heavy atom. The Kier molecular flexibility index (Phi) is 6.37. The molecule has 5 heteroatoms. The van der Waals surface area contributed by atoms with Gasteiger partial charge >= 0.3 is 5.97 Å². The molecule has 2 rings (SSSR count). The average Bonchev–Trinajstić information content (AvgIpc) is 2.57. The van der Waals surface area contributed by atoms with Crippen LogP contribution in [0, 0.1) is 17.3 Å². The van der Waals surface area contributed by atoms with E-state index in [2.05, 4.69) is 0 Å². The zero-order chi connectivity index (χ0) is 19.5. The number of fused-ring (bicyclic) bond motifs is 1. The molecule has 2 aliphatic rings. The molecule has 0 spiro atoms. The first kappa shape index (κ1) is 20.3. The number of carbonyl (C=O) groups excluding carboxylic acids is 2. The van der Waals surface area contributed by atoms with Crippen molar-refractivity contribution in [2.24, 2.45) is 17.3 Å². The molecule has 0 heterocycles. The smallest absolute Gasteiger partial charge is 0.331 e. The Morgan fingerprint density at radius 3 is 2.73 bits per heavy atom. The van der Waals surface area contributed by atoms with E-state index in [0.717, 1.165) is 5.57 Å². The SMILES string of the molecule is CC(O)[C@H](C)/C=C/C=C/C(=O)O[C@H]1C=CC2=CC(=O)[C@H](O)C[C@]2(C)[C@H]1C. The van der Waals surface area contributed by atoms with Gasteiger partial charge in [0, 0.05) is 17.4 Å². The van der Waals surface area contributed by atoms with Gasteiger partial charge in [-0.1, -0.05) is 45.1 Å². The molecule has 6 atom stereocenters. The summed E-state index contributed by atoms with van der Waals surface area (Å²) in [5, 5.41) is 19.3. The molecule has 0 aliphatic heterocycles. The summed E-state index contributed by atoms with van der Waals surface area (Å²) >= 11 is 0. The Bertz CT molecular complexity index is 670. The van der Waals surface area contributed by atoms with Crippen LogP contribution in [-0.2, 0) is 14.3 Å². The predicted octanol–water partition coefficient (Wildman–Crippen LogP) is 2.50. The number of aliphatic hydroxyl groups is 2. The molecule has 0 saturated heterocycles. The van der Waals surface area contributed by atoms with Crippen LogP contribution in [0.1, 0.15) is 34.1 Å². The third-order valence-electron chi connectivity index (χ3n) is 5.64. The Morgan fingerprint density at radius 1 is 1.38 bits per heavy atom. The summed E-state index contributed by atoms with van der Waals surface area (Å²) < 4.78 is 5.54. The van der Waals surface area contributed by atoms with Crippen molar-refractivity contribution < 1.29 is 24.5 Å². The fourth-order valence-corrected chi connectivity index (χ4v) is 3.30. The first-order valence-electron chi connectivity index (χ1n) is 9.01. The van der Waals surface area contributed by atoms with Crippen molar-refractivity contribution in [2.45, 2.75) is 52.4 Å². The molecule has 5 nitrogen and oxygen atoms in total. The highest BCUT2D eigenvalue weighted by atomic mass is 16.5. The highest BCUT2D eigenvalue weighted by molar-refractivity contribution is 5.96. The van der Waals surface area contributed by atoms with Crippen LogP contribution in [0.15, 0.2) is 48.1 Å². The van der Waals surface area contributed by atoms with Gasteiger partial charge in [0.1, 0.15) is 12.2 Å². The van der Waals surface area contributed by atoms with E-state index in [1.807, 2.05) is 32.9 Å². The quantitative estimate of drug-likeness (QED) is 0.447. The van der Waals surface area contributed by atoms with Gasteiger partial charge in [0.15, 0.2) is 5.78 Å². The van der Waals surface area contributed by atoms with E-state index in [0.29, 0.717) is 6.42 Å². The first-order chi connectivity index (χ1) is 12.1. The largest absolute Gasteiger partial charge is 0.455 e. The van der Waals surface area contributed by atoms with Crippen LogP contribution < -0.4 is 0 Å². The summed E-state index contributed by atoms with van der Waals surface area (Å²) in [5.41, 5.74) is 0.460. The van der Waals surface area contributed by atoms with Crippen molar-refractivity contribution in [2.75, 3.05) is 0 Å². The maximum atomic E-state index is 12.1. The number of ether oxygens (including phenoxy) is 1. The molecule has 26 heavy (non-hydrogen) atoms. The number of rotatable bonds is 5. The van der Waals surface area contributed by atoms with Crippen molar-refractivity contribution in [1.82, 2.24) is 0 Å². The highest BCUT2D eigenvalue weighted by Gasteiger charge is 2.46. The summed E-state index contributed by atoms with van der Waals surface area (Å²) in [6.45, 7) is 7.55. The van der Waals surface area contributed by atoms with Crippen molar-refractivity contribution in [3.05, 3.63) is 48.1 Å². The van der Waals surface area contributed by atoms with Gasteiger partial charge in [0.2, 0.25) is 0 Å². The summed E-state index contributed by atoms with van der Waals surface area (Å²) in [7, 11) is 0. The number of carbonyl (C=O) groups is 2. The molecule has 2 N–H and O–H groups in total. The van der Waals surface area contributed by atoms with Crippen LogP contribution in [0.2, 0.25) is 0 Å². The minimum Gasteiger partial charge on any atom is -0.455 e. The van der Waals surface area contributed by atoms with Crippen LogP contribution in [0.4, 0.5) is 0 Å². The average molecular weight is 360 g/mol. The number of aliphatic hydroxyl groups excluding tert-OH is 2. The van der Waals surface area contributed by atoms with Crippen LogP contribution in [0.5, 0.6) is 0 Å². The summed E-state index contributed by atoms with van der Waals surface area (Å²) in [6, 6.07) is 0. The molecule has 0 aromatic heterocycles. The summed E-state index contributed by atoms with van der Waals surface area (Å²) in [5.74, 6) is -0.789. The third kappa shape index (κ3) is 4.40. The topological polar surface area (TPSA) is 83.8 Å². The fourth-order valence-electron chi connectivity index (χ4n) is 3.30. The fraction of sp³-hybridized carbons (Fsp3) is 0.524. The number of ketones is 1. The van der Waals surface area contributed by atoms with E-state index < -0.39 is 29.7 Å². The summed E-state index contributed by atoms with van der Waals surface area (Å²) in [6.07, 6.45) is 10.0. The molecule has 142 valence electrons. The van der Waals surface area contributed by atoms with Crippen LogP contribution >= 0.6 is 0 Å². The third-order valence-corrected chi connectivity index (χ3v) is 5.64. The van der Waals surface area contributed by atoms with E-state index in [1.165, 1.54) is 12.2 Å². The highest BCUT2D eigenvalue weighted by Crippen LogP contribution is 2.48. The van der Waals surface area contributed by atoms with Crippen molar-refractivity contribution in [1.29, 1.82) is 0 Å². The molecule has 0 amide bonds. The lowest BCUT2D eigenvalue weighted by molar-refractivity contribution is -0.145. The molecule has 0 saturated carbocycles. The van der Waals surface area contributed by atoms with Crippen molar-refractivity contribution in [3.63, 3.8) is 0 Å². The van der Waals surface area contributed by atoms with E-state index in [9.17, 15) is 19.8 Å². The molecule has 0 bridgehead atoms. The van der Waals surface area contributed by atoms with E-state index in [-0.39, 0.29) is 17.6 Å². The molecule has 0 aromatic carbocycles. The maximum absolute atomic E-state index is 12.1. The van der Waals surface area contributed by atoms with E-state index in [4.69, 9.17) is 4.74 Å². The van der Waals surface area contributed by atoms with Crippen LogP contribution in [0.25, 0.3) is 0 Å². The molecular formula is C21H28O5. The summed E-state index contributed by atoms with van der Waals surface area (Å²) in [4.78, 5) is 23.8. The van der Waals surface area contributed by atoms with Crippen molar-refractivity contribution >= 4 is 11.8 Å². The van der Waals surface area contributed by atoms with Gasteiger partial charge in [0.05, 0.1) is 6.10 Å². The van der Waals surface area contributed by atoms with Crippen LogP contribution in [-0.4, -0.2) is 40.3 Å². The van der Waals surface area contributed by atoms with Gasteiger partial charge < -0.3 is 14.9 Å². The Labute approximate surface area is 154 Å². The number of hydrogen-bond donors (Lipinski definition) is 2. The molecule has 2 aliphatic carbocycles. The second kappa shape index (κ2) is 8.14. The van der Waals surface area contributed by atoms with Crippen molar-refractivity contribution in [3.8, 4) is 0 Å². The molecule has 0 radical (unpaired) electrons. The molecule has 1 unspecified atom stereocenters. The maximum Gasteiger partial charge on any atom is 0.331 e. The number of esters is 1. The van der Waals surface area contributed by atoms with Crippen LogP contribution in [0.3, 0.4) is 0 Å². The van der Waals surface area contributed by atoms with E-state index in [1.54, 1.807) is 25.2 Å². The van der Waals surface area contributed by atoms with E-state index >= 15 is 0 Å². The second-order valence-corrected chi connectivity index (χ2v) is 7.53. The van der Waals surface area contributed by atoms with Gasteiger partial charge in [-0.3, -0.25) is 4.79 Å². The normalized spacial score (nSPS) is 33.8. The van der Waals surface area contributed by atoms with Gasteiger partial charge in [-0.15, -0.1) is 0 Å². The monoisotopic (exact) mass is 360 g/mol. The lowest BCUT2D eigenvalue weighted by Gasteiger charge is -2.45. The second-order valence-electron chi connectivity index (χ2n) is 7.53. The Balaban J connectivity index is 2.03. The standard InChI is InChI=1S/C21H28O5/c1-13(15(3)22)7-5-6-8-20(25)26-19-10-9-16-11-17(23)18(24)12-21(16,4)14(19)2/h5-11,13-15,18-19,22,24H,12H2,1-4H3/b7-5+,8-6+/t13-,14+,15?,18-,19+,21-/m1/s1. The lowest BCUT2D eigenvalue weighted by Crippen LogP contribution is -2.45. The Hall–Kier alpha value is -1.98. The predicted molar refractivity (Wildman–Crippen MR) is 99.1 cm³/mol. The number of hydrogen-bond acceptors (Lipinski definition) is 5. The van der Waals surface area contributed by atoms with Gasteiger partial charge in [-0.25, -0.2) is 4.79 Å². The lowest BCUT2D eigenvalue weighted by atomic mass is 9.61. The molecule has 0 fully saturated rings. The molecular weight excluding hydrogens is 332 g/mol. The van der Waals surface area contributed by atoms with Gasteiger partial charge in [-0.05, 0) is 37.0 Å². The molecule has 0 aromatic rings. The first-order valence-corrected chi connectivity index (χ1v) is 9.01. The zero-order valence-electron chi connectivity index (χ0n) is 15.8. The minimum atomic E-state index is -1.00. The zero-order valence-corrected chi connectivity index (χ0v) is 15.8. The minimum absolute atomic E-state index is 0.00238. The van der Waals surface area contributed by atoms with Gasteiger partial charge in [0.25, 0.3) is 0 Å².